The standard InChI is InChI=1S/C16H32O2.Ca/c1-2-3-4-5-6-7-8-9-10-11-12-13-14-15-16(17)18;/h2-15H2,1H3,(H,17,18);/q;+2/p-1. The first-order valence-electron chi connectivity index (χ1n) is 7.97. The molecule has 0 amide bonds. The second kappa shape index (κ2) is 18.7. The van der Waals surface area contributed by atoms with Gasteiger partial charge in [-0.2, -0.15) is 0 Å². The maximum Gasteiger partial charge on any atom is 2.00 e. The SMILES string of the molecule is CCCCCCCCCCCCCCCC(=O)[O-].[Ca+2]. The van der Waals surface area contributed by atoms with Gasteiger partial charge in [-0.15, -0.1) is 0 Å². The summed E-state index contributed by atoms with van der Waals surface area (Å²) in [6.45, 7) is 2.26. The van der Waals surface area contributed by atoms with Crippen molar-refractivity contribution >= 4 is 43.7 Å². The molecule has 0 N–H and O–H groups in total. The molecule has 0 aliphatic carbocycles. The van der Waals surface area contributed by atoms with Crippen LogP contribution in [0.25, 0.3) is 0 Å². The van der Waals surface area contributed by atoms with Crippen LogP contribution in [0.2, 0.25) is 0 Å². The summed E-state index contributed by atoms with van der Waals surface area (Å²) < 4.78 is 0. The number of carbonyl (C=O) groups excluding carboxylic acids is 1. The van der Waals surface area contributed by atoms with Crippen molar-refractivity contribution in [2.45, 2.75) is 96.8 Å². The van der Waals surface area contributed by atoms with Gasteiger partial charge in [-0.05, 0) is 12.8 Å². The van der Waals surface area contributed by atoms with Crippen molar-refractivity contribution < 1.29 is 9.90 Å². The number of unbranched alkanes of at least 4 members (excludes halogenated alkanes) is 12. The van der Waals surface area contributed by atoms with Gasteiger partial charge < -0.3 is 9.90 Å². The predicted molar refractivity (Wildman–Crippen MR) is 81.1 cm³/mol. The summed E-state index contributed by atoms with van der Waals surface area (Å²) in [5.41, 5.74) is 0. The summed E-state index contributed by atoms with van der Waals surface area (Å²) in [5.74, 6) is -0.905. The smallest absolute Gasteiger partial charge is 0.550 e. The molecule has 19 heavy (non-hydrogen) atoms. The average Bonchev–Trinajstić information content (AvgIpc) is 2.34. The normalized spacial score (nSPS) is 10.2. The second-order valence-corrected chi connectivity index (χ2v) is 5.36. The Balaban J connectivity index is 0. The maximum atomic E-state index is 10.2. The summed E-state index contributed by atoms with van der Waals surface area (Å²) in [4.78, 5) is 10.2. The zero-order valence-corrected chi connectivity index (χ0v) is 15.1. The van der Waals surface area contributed by atoms with Crippen molar-refractivity contribution in [3.8, 4) is 0 Å². The topological polar surface area (TPSA) is 40.1 Å². The molecule has 0 aliphatic heterocycles. The average molecular weight is 295 g/mol. The molecule has 0 bridgehead atoms. The third kappa shape index (κ3) is 21.2. The van der Waals surface area contributed by atoms with Crippen LogP contribution < -0.4 is 5.11 Å². The third-order valence-corrected chi connectivity index (χ3v) is 3.48. The van der Waals surface area contributed by atoms with E-state index in [1.165, 1.54) is 70.6 Å². The Bertz CT molecular complexity index is 184. The Morgan fingerprint density at radius 2 is 1.00 bits per heavy atom. The largest absolute Gasteiger partial charge is 2.00 e. The monoisotopic (exact) mass is 295 g/mol. The minimum absolute atomic E-state index is 0. The molecule has 0 atom stereocenters. The number of carboxylic acid groups (broad SMARTS) is 1. The summed E-state index contributed by atoms with van der Waals surface area (Å²) >= 11 is 0. The van der Waals surface area contributed by atoms with E-state index in [-0.39, 0.29) is 44.2 Å². The summed E-state index contributed by atoms with van der Waals surface area (Å²) in [6.07, 6.45) is 16.9. The number of carboxylic acids is 1. The van der Waals surface area contributed by atoms with Gasteiger partial charge >= 0.3 is 37.7 Å². The van der Waals surface area contributed by atoms with Gasteiger partial charge in [0.2, 0.25) is 0 Å². The molecular formula is C16H31CaO2+. The van der Waals surface area contributed by atoms with Crippen molar-refractivity contribution in [3.05, 3.63) is 0 Å². The maximum absolute atomic E-state index is 10.2. The number of rotatable bonds is 14. The molecular weight excluding hydrogens is 264 g/mol. The third-order valence-electron chi connectivity index (χ3n) is 3.48. The van der Waals surface area contributed by atoms with Gasteiger partial charge in [0.25, 0.3) is 0 Å². The van der Waals surface area contributed by atoms with Crippen molar-refractivity contribution in [3.63, 3.8) is 0 Å². The Labute approximate surface area is 149 Å². The van der Waals surface area contributed by atoms with E-state index in [1.54, 1.807) is 0 Å². The van der Waals surface area contributed by atoms with Gasteiger partial charge in [0.1, 0.15) is 0 Å². The molecule has 0 saturated heterocycles. The van der Waals surface area contributed by atoms with Crippen molar-refractivity contribution in [1.82, 2.24) is 0 Å². The zero-order chi connectivity index (χ0) is 13.5. The van der Waals surface area contributed by atoms with Gasteiger partial charge in [-0.25, -0.2) is 0 Å². The van der Waals surface area contributed by atoms with E-state index in [0.717, 1.165) is 12.8 Å². The summed E-state index contributed by atoms with van der Waals surface area (Å²) in [7, 11) is 0. The summed E-state index contributed by atoms with van der Waals surface area (Å²) in [6, 6.07) is 0. The van der Waals surface area contributed by atoms with Crippen LogP contribution in [0.3, 0.4) is 0 Å². The van der Waals surface area contributed by atoms with Gasteiger partial charge in [-0.1, -0.05) is 84.0 Å². The minimum atomic E-state index is -0.905. The molecule has 0 saturated carbocycles. The number of carbonyl (C=O) groups is 1. The van der Waals surface area contributed by atoms with E-state index in [2.05, 4.69) is 6.92 Å². The Kier molecular flexibility index (Phi) is 21.7. The number of aliphatic carboxylic acids is 1. The molecule has 0 spiro atoms. The van der Waals surface area contributed by atoms with E-state index >= 15 is 0 Å². The van der Waals surface area contributed by atoms with E-state index in [1.807, 2.05) is 0 Å². The van der Waals surface area contributed by atoms with Crippen molar-refractivity contribution in [1.29, 1.82) is 0 Å². The first kappa shape index (κ1) is 22.0. The molecule has 0 aliphatic rings. The van der Waals surface area contributed by atoms with Gasteiger partial charge in [0.05, 0.1) is 0 Å². The molecule has 0 heterocycles. The molecule has 0 aromatic carbocycles. The fraction of sp³-hybridized carbons (Fsp3) is 0.938. The van der Waals surface area contributed by atoms with Crippen LogP contribution in [-0.4, -0.2) is 43.7 Å². The molecule has 0 rings (SSSR count). The number of hydrogen-bond donors (Lipinski definition) is 0. The molecule has 108 valence electrons. The summed E-state index contributed by atoms with van der Waals surface area (Å²) in [5, 5.41) is 10.2. The van der Waals surface area contributed by atoms with Crippen molar-refractivity contribution in [2.75, 3.05) is 0 Å². The predicted octanol–water partition coefficient (Wildman–Crippen LogP) is 3.84. The van der Waals surface area contributed by atoms with E-state index < -0.39 is 5.97 Å². The van der Waals surface area contributed by atoms with Crippen LogP contribution >= 0.6 is 0 Å². The molecule has 3 heteroatoms. The molecule has 2 nitrogen and oxygen atoms in total. The number of hydrogen-bond acceptors (Lipinski definition) is 2. The Morgan fingerprint density at radius 3 is 1.32 bits per heavy atom. The van der Waals surface area contributed by atoms with Crippen LogP contribution in [-0.2, 0) is 4.79 Å². The van der Waals surface area contributed by atoms with E-state index in [0.29, 0.717) is 0 Å². The van der Waals surface area contributed by atoms with Crippen LogP contribution in [0.1, 0.15) is 96.8 Å². The first-order chi connectivity index (χ1) is 8.77. The fourth-order valence-corrected chi connectivity index (χ4v) is 2.29. The van der Waals surface area contributed by atoms with Crippen LogP contribution in [0.15, 0.2) is 0 Å². The Morgan fingerprint density at radius 1 is 0.684 bits per heavy atom. The first-order valence-corrected chi connectivity index (χ1v) is 7.97. The van der Waals surface area contributed by atoms with E-state index in [9.17, 15) is 9.90 Å². The van der Waals surface area contributed by atoms with Crippen LogP contribution in [0, 0.1) is 0 Å². The van der Waals surface area contributed by atoms with Crippen LogP contribution in [0.5, 0.6) is 0 Å². The molecule has 0 unspecified atom stereocenters. The van der Waals surface area contributed by atoms with Crippen molar-refractivity contribution in [2.24, 2.45) is 0 Å². The van der Waals surface area contributed by atoms with Gasteiger partial charge in [-0.3, -0.25) is 0 Å². The van der Waals surface area contributed by atoms with Gasteiger partial charge in [0, 0.05) is 5.97 Å². The quantitative estimate of drug-likeness (QED) is 0.361. The fourth-order valence-electron chi connectivity index (χ4n) is 2.29. The van der Waals surface area contributed by atoms with Gasteiger partial charge in [0.15, 0.2) is 0 Å². The molecule has 0 radical (unpaired) electrons. The zero-order valence-electron chi connectivity index (χ0n) is 12.9. The second-order valence-electron chi connectivity index (χ2n) is 5.36. The molecule has 0 aromatic rings. The minimum Gasteiger partial charge on any atom is -0.550 e. The molecule has 0 fully saturated rings. The van der Waals surface area contributed by atoms with E-state index in [4.69, 9.17) is 0 Å². The molecule has 0 aromatic heterocycles. The Hall–Kier alpha value is 0.730. The van der Waals surface area contributed by atoms with Crippen LogP contribution in [0.4, 0.5) is 0 Å².